The fraction of sp³-hybridized carbons (Fsp3) is 0.333. The number of rotatable bonds is 2. The molecule has 0 aliphatic carbocycles. The van der Waals surface area contributed by atoms with Gasteiger partial charge in [-0.3, -0.25) is 0 Å². The summed E-state index contributed by atoms with van der Waals surface area (Å²) in [4.78, 5) is 0. The van der Waals surface area contributed by atoms with Gasteiger partial charge in [-0.1, -0.05) is 0 Å². The first-order valence-electron chi connectivity index (χ1n) is 4.21. The molecule has 1 aromatic carbocycles. The monoisotopic (exact) mass is 361 g/mol. The van der Waals surface area contributed by atoms with Gasteiger partial charge in [-0.25, -0.2) is 0 Å². The van der Waals surface area contributed by atoms with E-state index < -0.39 is 18.6 Å². The van der Waals surface area contributed by atoms with Gasteiger partial charge < -0.3 is 10.8 Å². The van der Waals surface area contributed by atoms with Gasteiger partial charge in [0.05, 0.1) is 15.4 Å². The summed E-state index contributed by atoms with van der Waals surface area (Å²) in [6, 6.07) is 1.60. The van der Waals surface area contributed by atoms with Crippen LogP contribution in [-0.2, 0) is 0 Å². The Hall–Kier alpha value is -0.270. The van der Waals surface area contributed by atoms with Crippen molar-refractivity contribution in [1.82, 2.24) is 0 Å². The molecule has 0 amide bonds. The molecule has 0 spiro atoms. The summed E-state index contributed by atoms with van der Waals surface area (Å²) in [5.41, 5.74) is 5.73. The summed E-state index contributed by atoms with van der Waals surface area (Å²) in [6.07, 6.45) is -5.41. The molecule has 1 atom stereocenters. The van der Waals surface area contributed by atoms with Crippen LogP contribution in [0.5, 0.6) is 5.75 Å². The van der Waals surface area contributed by atoms with Crippen molar-refractivity contribution in [1.29, 1.82) is 0 Å². The minimum absolute atomic E-state index is 0.0667. The fourth-order valence-corrected chi connectivity index (χ4v) is 2.39. The molecule has 0 radical (unpaired) electrons. The first-order valence-corrected chi connectivity index (χ1v) is 5.79. The Bertz CT molecular complexity index is 372. The highest BCUT2D eigenvalue weighted by molar-refractivity contribution is 9.11. The Labute approximate surface area is 107 Å². The Morgan fingerprint density at radius 2 is 1.69 bits per heavy atom. The molecule has 16 heavy (non-hydrogen) atoms. The predicted octanol–water partition coefficient (Wildman–Crippen LogP) is 3.87. The van der Waals surface area contributed by atoms with E-state index in [1.54, 1.807) is 0 Å². The SMILES string of the molecule is N[C@@H](CC(F)(F)F)c1cc(Br)c(O)c(Br)c1. The molecule has 3 N–H and O–H groups in total. The normalized spacial score (nSPS) is 13.9. The van der Waals surface area contributed by atoms with Crippen molar-refractivity contribution < 1.29 is 18.3 Å². The minimum Gasteiger partial charge on any atom is -0.506 e. The molecule has 0 aliphatic heterocycles. The lowest BCUT2D eigenvalue weighted by Gasteiger charge is -2.15. The summed E-state index contributed by atoms with van der Waals surface area (Å²) >= 11 is 6.06. The Kier molecular flexibility index (Phi) is 4.25. The van der Waals surface area contributed by atoms with Crippen LogP contribution in [0.15, 0.2) is 21.1 Å². The number of aromatic hydroxyl groups is 1. The van der Waals surface area contributed by atoms with Crippen LogP contribution in [0, 0.1) is 0 Å². The van der Waals surface area contributed by atoms with E-state index in [0.29, 0.717) is 14.5 Å². The van der Waals surface area contributed by atoms with Crippen LogP contribution in [0.3, 0.4) is 0 Å². The quantitative estimate of drug-likeness (QED) is 0.838. The van der Waals surface area contributed by atoms with Crippen LogP contribution in [-0.4, -0.2) is 11.3 Å². The summed E-state index contributed by atoms with van der Waals surface area (Å²) in [5, 5.41) is 9.39. The molecule has 0 aromatic heterocycles. The molecule has 0 heterocycles. The van der Waals surface area contributed by atoms with E-state index in [-0.39, 0.29) is 5.75 Å². The largest absolute Gasteiger partial charge is 0.506 e. The lowest BCUT2D eigenvalue weighted by molar-refractivity contribution is -0.138. The number of halogens is 5. The molecule has 0 aliphatic rings. The summed E-state index contributed by atoms with van der Waals surface area (Å²) < 4.78 is 37.0. The Morgan fingerprint density at radius 1 is 1.25 bits per heavy atom. The molecule has 2 nitrogen and oxygen atoms in total. The van der Waals surface area contributed by atoms with Crippen LogP contribution in [0.2, 0.25) is 0 Å². The molecule has 1 aromatic rings. The molecular formula is C9H8Br2F3NO. The van der Waals surface area contributed by atoms with Gasteiger partial charge in [-0.15, -0.1) is 0 Å². The van der Waals surface area contributed by atoms with E-state index in [9.17, 15) is 18.3 Å². The van der Waals surface area contributed by atoms with Gasteiger partial charge in [-0.2, -0.15) is 13.2 Å². The van der Waals surface area contributed by atoms with Gasteiger partial charge in [0, 0.05) is 6.04 Å². The molecule has 0 saturated heterocycles. The predicted molar refractivity (Wildman–Crippen MR) is 61.1 cm³/mol. The van der Waals surface area contributed by atoms with Crippen molar-refractivity contribution in [3.8, 4) is 5.75 Å². The minimum atomic E-state index is -4.31. The number of phenols is 1. The first-order chi connectivity index (χ1) is 7.20. The van der Waals surface area contributed by atoms with Crippen LogP contribution >= 0.6 is 31.9 Å². The number of nitrogens with two attached hydrogens (primary N) is 1. The van der Waals surface area contributed by atoms with Crippen molar-refractivity contribution in [2.24, 2.45) is 5.73 Å². The summed E-state index contributed by atoms with van der Waals surface area (Å²) in [7, 11) is 0. The third kappa shape index (κ3) is 3.64. The first kappa shape index (κ1) is 13.8. The maximum Gasteiger partial charge on any atom is 0.390 e. The topological polar surface area (TPSA) is 46.2 Å². The molecular weight excluding hydrogens is 355 g/mol. The van der Waals surface area contributed by atoms with Gasteiger partial charge in [0.15, 0.2) is 0 Å². The lowest BCUT2D eigenvalue weighted by atomic mass is 10.0. The number of hydrogen-bond acceptors (Lipinski definition) is 2. The molecule has 7 heteroatoms. The van der Waals surface area contributed by atoms with Crippen LogP contribution < -0.4 is 5.73 Å². The fourth-order valence-electron chi connectivity index (χ4n) is 1.17. The zero-order valence-corrected chi connectivity index (χ0v) is 11.0. The Morgan fingerprint density at radius 3 is 2.06 bits per heavy atom. The highest BCUT2D eigenvalue weighted by atomic mass is 79.9. The van der Waals surface area contributed by atoms with E-state index >= 15 is 0 Å². The van der Waals surface area contributed by atoms with Crippen LogP contribution in [0.1, 0.15) is 18.0 Å². The van der Waals surface area contributed by atoms with E-state index in [1.807, 2.05) is 0 Å². The van der Waals surface area contributed by atoms with Gasteiger partial charge >= 0.3 is 6.18 Å². The van der Waals surface area contributed by atoms with E-state index in [1.165, 1.54) is 12.1 Å². The number of alkyl halides is 3. The zero-order valence-electron chi connectivity index (χ0n) is 7.85. The van der Waals surface area contributed by atoms with Crippen molar-refractivity contribution in [2.45, 2.75) is 18.6 Å². The third-order valence-corrected chi connectivity index (χ3v) is 3.13. The second kappa shape index (κ2) is 4.93. The van der Waals surface area contributed by atoms with Crippen LogP contribution in [0.4, 0.5) is 13.2 Å². The average molecular weight is 363 g/mol. The van der Waals surface area contributed by atoms with Gasteiger partial charge in [0.25, 0.3) is 0 Å². The number of benzene rings is 1. The number of hydrogen-bond donors (Lipinski definition) is 2. The third-order valence-electron chi connectivity index (χ3n) is 1.92. The average Bonchev–Trinajstić information content (AvgIpc) is 2.10. The van der Waals surface area contributed by atoms with Crippen molar-refractivity contribution in [3.05, 3.63) is 26.6 Å². The highest BCUT2D eigenvalue weighted by Crippen LogP contribution is 2.36. The molecule has 1 rings (SSSR count). The Balaban J connectivity index is 2.97. The van der Waals surface area contributed by atoms with E-state index in [2.05, 4.69) is 31.9 Å². The number of phenolic OH excluding ortho intramolecular Hbond substituents is 1. The zero-order chi connectivity index (χ0) is 12.5. The summed E-state index contributed by atoms with van der Waals surface area (Å²) in [6.45, 7) is 0. The van der Waals surface area contributed by atoms with E-state index in [0.717, 1.165) is 0 Å². The molecule has 0 bridgehead atoms. The van der Waals surface area contributed by atoms with Crippen LogP contribution in [0.25, 0.3) is 0 Å². The smallest absolute Gasteiger partial charge is 0.390 e. The van der Waals surface area contributed by atoms with Crippen molar-refractivity contribution in [2.75, 3.05) is 0 Å². The van der Waals surface area contributed by atoms with Crippen molar-refractivity contribution in [3.63, 3.8) is 0 Å². The molecule has 90 valence electrons. The van der Waals surface area contributed by atoms with E-state index in [4.69, 9.17) is 5.73 Å². The van der Waals surface area contributed by atoms with Gasteiger partial charge in [0.1, 0.15) is 5.75 Å². The second-order valence-electron chi connectivity index (χ2n) is 3.26. The van der Waals surface area contributed by atoms with Gasteiger partial charge in [0.2, 0.25) is 0 Å². The highest BCUT2D eigenvalue weighted by Gasteiger charge is 2.31. The standard InChI is InChI=1S/C9H8Br2F3NO/c10-5-1-4(2-6(11)8(5)16)7(15)3-9(12,13)14/h1-2,7,16H,3,15H2/t7-/m0/s1. The molecule has 0 saturated carbocycles. The van der Waals surface area contributed by atoms with Gasteiger partial charge in [-0.05, 0) is 49.6 Å². The maximum absolute atomic E-state index is 12.1. The summed E-state index contributed by atoms with van der Waals surface area (Å²) in [5.74, 6) is -0.0667. The van der Waals surface area contributed by atoms with Crippen molar-refractivity contribution >= 4 is 31.9 Å². The molecule has 0 fully saturated rings. The maximum atomic E-state index is 12.1. The second-order valence-corrected chi connectivity index (χ2v) is 4.97. The molecule has 0 unspecified atom stereocenters. The lowest BCUT2D eigenvalue weighted by Crippen LogP contribution is -2.20.